The molecule has 2 aromatic carbocycles. The van der Waals surface area contributed by atoms with E-state index in [-0.39, 0.29) is 82.2 Å². The first-order chi connectivity index (χ1) is 15.4. The standard InChI is InChI=1S/C24H18O8/c25-17-9-3-11-19(27)21-13(17)5-1-7-15(21)23(29)31-32-24(30)16-8-2-6-14-18(26)10-4-12-20(28)22(14)16/h1-2,5-8H,3-4,9-12H2. The summed E-state index contributed by atoms with van der Waals surface area (Å²) in [5, 5.41) is 0. The van der Waals surface area contributed by atoms with E-state index < -0.39 is 11.9 Å². The number of hydrogen-bond acceptors (Lipinski definition) is 8. The average Bonchev–Trinajstić information content (AvgIpc) is 3.03. The molecule has 0 spiro atoms. The van der Waals surface area contributed by atoms with Crippen molar-refractivity contribution in [2.24, 2.45) is 0 Å². The molecule has 8 heteroatoms. The maximum absolute atomic E-state index is 12.6. The second-order valence-electron chi connectivity index (χ2n) is 7.60. The Morgan fingerprint density at radius 3 is 1.34 bits per heavy atom. The zero-order valence-electron chi connectivity index (χ0n) is 17.0. The van der Waals surface area contributed by atoms with Gasteiger partial charge in [0.05, 0.1) is 11.1 Å². The monoisotopic (exact) mass is 434 g/mol. The normalized spacial score (nSPS) is 15.9. The lowest BCUT2D eigenvalue weighted by atomic mass is 9.96. The molecule has 0 unspecified atom stereocenters. The van der Waals surface area contributed by atoms with Crippen LogP contribution in [0.25, 0.3) is 0 Å². The Kier molecular flexibility index (Phi) is 5.77. The predicted octanol–water partition coefficient (Wildman–Crippen LogP) is 3.71. The number of ketones is 4. The predicted molar refractivity (Wildman–Crippen MR) is 109 cm³/mol. The van der Waals surface area contributed by atoms with E-state index in [0.717, 1.165) is 0 Å². The van der Waals surface area contributed by atoms with Crippen molar-refractivity contribution in [3.05, 3.63) is 69.8 Å². The number of fused-ring (bicyclic) bond motifs is 2. The van der Waals surface area contributed by atoms with E-state index in [0.29, 0.717) is 12.8 Å². The number of rotatable bonds is 2. The van der Waals surface area contributed by atoms with Crippen molar-refractivity contribution in [1.82, 2.24) is 0 Å². The van der Waals surface area contributed by atoms with Gasteiger partial charge in [-0.15, -0.1) is 0 Å². The Bertz CT molecular complexity index is 1100. The van der Waals surface area contributed by atoms with E-state index in [9.17, 15) is 28.8 Å². The Morgan fingerprint density at radius 1 is 0.562 bits per heavy atom. The Morgan fingerprint density at radius 2 is 0.938 bits per heavy atom. The molecule has 0 N–H and O–H groups in total. The first kappa shape index (κ1) is 21.3. The summed E-state index contributed by atoms with van der Waals surface area (Å²) in [5.41, 5.74) is -0.213. The van der Waals surface area contributed by atoms with Crippen LogP contribution in [0.5, 0.6) is 0 Å². The summed E-state index contributed by atoms with van der Waals surface area (Å²) in [6.45, 7) is 0. The van der Waals surface area contributed by atoms with E-state index in [4.69, 9.17) is 0 Å². The van der Waals surface area contributed by atoms with E-state index in [1.807, 2.05) is 0 Å². The molecule has 2 aliphatic carbocycles. The first-order valence-electron chi connectivity index (χ1n) is 10.2. The Balaban J connectivity index is 1.59. The van der Waals surface area contributed by atoms with Crippen LogP contribution in [0.3, 0.4) is 0 Å². The lowest BCUT2D eigenvalue weighted by molar-refractivity contribution is -0.187. The summed E-state index contributed by atoms with van der Waals surface area (Å²) in [5.74, 6) is -3.50. The smallest absolute Gasteiger partial charge is 0.294 e. The minimum absolute atomic E-state index is 0.0506. The van der Waals surface area contributed by atoms with Crippen molar-refractivity contribution in [3.63, 3.8) is 0 Å². The Labute approximate surface area is 182 Å². The number of carbonyl (C=O) groups is 6. The lowest BCUT2D eigenvalue weighted by Crippen LogP contribution is -2.19. The molecule has 32 heavy (non-hydrogen) atoms. The fourth-order valence-electron chi connectivity index (χ4n) is 4.01. The lowest BCUT2D eigenvalue weighted by Gasteiger charge is -2.11. The maximum Gasteiger partial charge on any atom is 0.387 e. The highest BCUT2D eigenvalue weighted by atomic mass is 17.2. The van der Waals surface area contributed by atoms with Crippen LogP contribution in [-0.2, 0) is 9.78 Å². The van der Waals surface area contributed by atoms with E-state index in [1.165, 1.54) is 36.4 Å². The molecule has 0 heterocycles. The molecule has 0 aromatic heterocycles. The highest BCUT2D eigenvalue weighted by molar-refractivity contribution is 6.16. The summed E-state index contributed by atoms with van der Waals surface area (Å²) >= 11 is 0. The Hall–Kier alpha value is -3.94. The van der Waals surface area contributed by atoms with Crippen LogP contribution in [0.2, 0.25) is 0 Å². The quantitative estimate of drug-likeness (QED) is 0.398. The van der Waals surface area contributed by atoms with Gasteiger partial charge in [0.1, 0.15) is 0 Å². The zero-order valence-corrected chi connectivity index (χ0v) is 17.0. The van der Waals surface area contributed by atoms with Gasteiger partial charge in [-0.3, -0.25) is 19.2 Å². The molecular weight excluding hydrogens is 416 g/mol. The maximum atomic E-state index is 12.6. The van der Waals surface area contributed by atoms with E-state index in [1.54, 1.807) is 0 Å². The van der Waals surface area contributed by atoms with Crippen molar-refractivity contribution in [1.29, 1.82) is 0 Å². The van der Waals surface area contributed by atoms with E-state index >= 15 is 0 Å². The van der Waals surface area contributed by atoms with Crippen LogP contribution < -0.4 is 0 Å². The van der Waals surface area contributed by atoms with Gasteiger partial charge in [-0.05, 0) is 25.0 Å². The van der Waals surface area contributed by atoms with Crippen LogP contribution in [-0.4, -0.2) is 35.1 Å². The summed E-state index contributed by atoms with van der Waals surface area (Å²) in [6, 6.07) is 8.42. The second kappa shape index (κ2) is 8.66. The molecule has 0 bridgehead atoms. The molecular formula is C24H18O8. The van der Waals surface area contributed by atoms with Gasteiger partial charge in [0.2, 0.25) is 0 Å². The van der Waals surface area contributed by atoms with Crippen molar-refractivity contribution in [2.45, 2.75) is 38.5 Å². The van der Waals surface area contributed by atoms with Gasteiger partial charge in [0.25, 0.3) is 0 Å². The zero-order chi connectivity index (χ0) is 22.8. The van der Waals surface area contributed by atoms with Gasteiger partial charge in [-0.1, -0.05) is 24.3 Å². The SMILES string of the molecule is O=C1CCCC(=O)c2c1cccc2C(=O)OOC(=O)c1cccc2c1C(=O)CCCC2=O. The van der Waals surface area contributed by atoms with Gasteiger partial charge in [-0.25, -0.2) is 19.4 Å². The third-order valence-corrected chi connectivity index (χ3v) is 5.54. The van der Waals surface area contributed by atoms with Gasteiger partial charge in [-0.2, -0.15) is 0 Å². The number of benzene rings is 2. The van der Waals surface area contributed by atoms with Crippen LogP contribution in [0.4, 0.5) is 0 Å². The molecule has 0 fully saturated rings. The topological polar surface area (TPSA) is 121 Å². The van der Waals surface area contributed by atoms with Crippen molar-refractivity contribution >= 4 is 35.1 Å². The molecule has 2 aromatic rings. The summed E-state index contributed by atoms with van der Waals surface area (Å²) in [7, 11) is 0. The molecule has 2 aliphatic rings. The van der Waals surface area contributed by atoms with Crippen molar-refractivity contribution < 1.29 is 38.5 Å². The largest absolute Gasteiger partial charge is 0.387 e. The fraction of sp³-hybridized carbons (Fsp3) is 0.250. The number of hydrogen-bond donors (Lipinski definition) is 0. The molecule has 0 saturated heterocycles. The summed E-state index contributed by atoms with van der Waals surface area (Å²) < 4.78 is 0. The third-order valence-electron chi connectivity index (χ3n) is 5.54. The molecule has 0 atom stereocenters. The van der Waals surface area contributed by atoms with Gasteiger partial charge < -0.3 is 0 Å². The van der Waals surface area contributed by atoms with Gasteiger partial charge in [0, 0.05) is 47.9 Å². The second-order valence-corrected chi connectivity index (χ2v) is 7.60. The molecule has 0 amide bonds. The van der Waals surface area contributed by atoms with Crippen LogP contribution in [0, 0.1) is 0 Å². The number of carbonyl (C=O) groups excluding carboxylic acids is 6. The average molecular weight is 434 g/mol. The minimum atomic E-state index is -1.12. The minimum Gasteiger partial charge on any atom is -0.294 e. The molecule has 162 valence electrons. The highest BCUT2D eigenvalue weighted by Crippen LogP contribution is 2.26. The molecule has 0 saturated carbocycles. The van der Waals surface area contributed by atoms with E-state index in [2.05, 4.69) is 9.78 Å². The molecule has 0 radical (unpaired) electrons. The molecule has 4 rings (SSSR count). The van der Waals surface area contributed by atoms with Crippen LogP contribution in [0.1, 0.15) is 101 Å². The van der Waals surface area contributed by atoms with Crippen molar-refractivity contribution in [3.8, 4) is 0 Å². The highest BCUT2D eigenvalue weighted by Gasteiger charge is 2.30. The van der Waals surface area contributed by atoms with Crippen LogP contribution >= 0.6 is 0 Å². The summed E-state index contributed by atoms with van der Waals surface area (Å²) in [6.07, 6.45) is 1.35. The number of Topliss-reactive ketones (excluding diaryl/α,β-unsaturated/α-hetero) is 4. The first-order valence-corrected chi connectivity index (χ1v) is 10.2. The molecule has 8 nitrogen and oxygen atoms in total. The third kappa shape index (κ3) is 3.87. The summed E-state index contributed by atoms with van der Waals surface area (Å²) in [4.78, 5) is 83.9. The van der Waals surface area contributed by atoms with Crippen molar-refractivity contribution in [2.75, 3.05) is 0 Å². The van der Waals surface area contributed by atoms with Gasteiger partial charge >= 0.3 is 11.9 Å². The van der Waals surface area contributed by atoms with Crippen LogP contribution in [0.15, 0.2) is 36.4 Å². The fourth-order valence-corrected chi connectivity index (χ4v) is 4.01. The van der Waals surface area contributed by atoms with Gasteiger partial charge in [0.15, 0.2) is 23.1 Å². The molecule has 0 aliphatic heterocycles.